The predicted molar refractivity (Wildman–Crippen MR) is 106 cm³/mol. The molecule has 0 spiro atoms. The Morgan fingerprint density at radius 2 is 2.07 bits per heavy atom. The Kier molecular flexibility index (Phi) is 6.08. The Hall–Kier alpha value is -2.86. The normalized spacial score (nSPS) is 10.6. The summed E-state index contributed by atoms with van der Waals surface area (Å²) >= 11 is 1.64. The van der Waals surface area contributed by atoms with Gasteiger partial charge in [0.05, 0.1) is 17.8 Å². The second kappa shape index (κ2) is 8.68. The van der Waals surface area contributed by atoms with Gasteiger partial charge in [0.25, 0.3) is 5.91 Å². The molecule has 0 saturated carbocycles. The second-order valence-corrected chi connectivity index (χ2v) is 7.20. The molecular weight excluding hydrogens is 360 g/mol. The first-order chi connectivity index (χ1) is 13.1. The standard InChI is InChI=1S/C21H22N2O3S/c1-4-11-23(13-19-6-5-12-27-19)21(24)17-7-9-18(10-8-17)25-14-20-15(2)22-26-16(20)3/h4-10,12H,1,11,13-14H2,2-3H3. The predicted octanol–water partition coefficient (Wildman–Crippen LogP) is 4.76. The molecule has 0 radical (unpaired) electrons. The first-order valence-electron chi connectivity index (χ1n) is 8.65. The zero-order valence-corrected chi connectivity index (χ0v) is 16.3. The number of aryl methyl sites for hydroxylation is 2. The zero-order valence-electron chi connectivity index (χ0n) is 15.5. The second-order valence-electron chi connectivity index (χ2n) is 6.17. The van der Waals surface area contributed by atoms with Crippen molar-refractivity contribution in [2.24, 2.45) is 0 Å². The third-order valence-corrected chi connectivity index (χ3v) is 5.09. The molecule has 0 unspecified atom stereocenters. The molecular formula is C21H22N2O3S. The van der Waals surface area contributed by atoms with Crippen molar-refractivity contribution in [3.05, 3.63) is 81.9 Å². The molecule has 0 aliphatic carbocycles. The molecule has 6 heteroatoms. The fourth-order valence-corrected chi connectivity index (χ4v) is 3.42. The monoisotopic (exact) mass is 382 g/mol. The lowest BCUT2D eigenvalue weighted by Gasteiger charge is -2.20. The summed E-state index contributed by atoms with van der Waals surface area (Å²) in [6.07, 6.45) is 1.74. The van der Waals surface area contributed by atoms with Crippen LogP contribution in [0.1, 0.15) is 32.3 Å². The van der Waals surface area contributed by atoms with Crippen molar-refractivity contribution in [2.75, 3.05) is 6.54 Å². The quantitative estimate of drug-likeness (QED) is 0.527. The fraction of sp³-hybridized carbons (Fsp3) is 0.238. The van der Waals surface area contributed by atoms with E-state index in [1.165, 1.54) is 0 Å². The van der Waals surface area contributed by atoms with E-state index in [2.05, 4.69) is 11.7 Å². The molecule has 0 atom stereocenters. The van der Waals surface area contributed by atoms with Crippen molar-refractivity contribution < 1.29 is 14.1 Å². The number of carbonyl (C=O) groups excluding carboxylic acids is 1. The SMILES string of the molecule is C=CCN(Cc1cccs1)C(=O)c1ccc(OCc2c(C)noc2C)cc1. The van der Waals surface area contributed by atoms with Crippen LogP contribution in [0.2, 0.25) is 0 Å². The highest BCUT2D eigenvalue weighted by Gasteiger charge is 2.16. The van der Waals surface area contributed by atoms with Gasteiger partial charge in [-0.3, -0.25) is 4.79 Å². The minimum Gasteiger partial charge on any atom is -0.489 e. The van der Waals surface area contributed by atoms with Crippen LogP contribution in [0.4, 0.5) is 0 Å². The topological polar surface area (TPSA) is 55.6 Å². The molecule has 3 aromatic rings. The molecule has 0 aliphatic rings. The van der Waals surface area contributed by atoms with Crippen LogP contribution in [0.25, 0.3) is 0 Å². The number of thiophene rings is 1. The molecule has 0 fully saturated rings. The number of aromatic nitrogens is 1. The Bertz CT molecular complexity index is 879. The lowest BCUT2D eigenvalue weighted by Crippen LogP contribution is -2.30. The highest BCUT2D eigenvalue weighted by Crippen LogP contribution is 2.20. The number of hydrogen-bond donors (Lipinski definition) is 0. The van der Waals surface area contributed by atoms with Gasteiger partial charge in [-0.15, -0.1) is 17.9 Å². The van der Waals surface area contributed by atoms with Gasteiger partial charge in [0.2, 0.25) is 0 Å². The Morgan fingerprint density at radius 3 is 2.67 bits per heavy atom. The third-order valence-electron chi connectivity index (χ3n) is 4.23. The minimum absolute atomic E-state index is 0.0272. The maximum Gasteiger partial charge on any atom is 0.254 e. The summed E-state index contributed by atoms with van der Waals surface area (Å²) in [7, 11) is 0. The highest BCUT2D eigenvalue weighted by atomic mass is 32.1. The van der Waals surface area contributed by atoms with Crippen LogP contribution in [0.15, 0.2) is 59.0 Å². The van der Waals surface area contributed by atoms with Crippen LogP contribution < -0.4 is 4.74 Å². The van der Waals surface area contributed by atoms with Crippen LogP contribution in [0, 0.1) is 13.8 Å². The van der Waals surface area contributed by atoms with E-state index in [0.717, 1.165) is 21.9 Å². The Morgan fingerprint density at radius 1 is 1.30 bits per heavy atom. The van der Waals surface area contributed by atoms with E-state index in [-0.39, 0.29) is 5.91 Å². The van der Waals surface area contributed by atoms with Crippen molar-refractivity contribution >= 4 is 17.2 Å². The van der Waals surface area contributed by atoms with Crippen LogP contribution in [0.3, 0.4) is 0 Å². The molecule has 0 bridgehead atoms. The molecule has 2 heterocycles. The number of hydrogen-bond acceptors (Lipinski definition) is 5. The van der Waals surface area contributed by atoms with Crippen LogP contribution >= 0.6 is 11.3 Å². The molecule has 0 N–H and O–H groups in total. The molecule has 1 aromatic carbocycles. The molecule has 1 amide bonds. The average Bonchev–Trinajstić information content (AvgIpc) is 3.30. The largest absolute Gasteiger partial charge is 0.489 e. The highest BCUT2D eigenvalue weighted by molar-refractivity contribution is 7.09. The van der Waals surface area contributed by atoms with Gasteiger partial charge in [0.15, 0.2) is 0 Å². The van der Waals surface area contributed by atoms with E-state index in [4.69, 9.17) is 9.26 Å². The minimum atomic E-state index is -0.0272. The van der Waals surface area contributed by atoms with Crippen LogP contribution in [-0.2, 0) is 13.2 Å². The summed E-state index contributed by atoms with van der Waals surface area (Å²) in [5.74, 6) is 1.42. The van der Waals surface area contributed by atoms with Crippen LogP contribution in [0.5, 0.6) is 5.75 Å². The molecule has 5 nitrogen and oxygen atoms in total. The van der Waals surface area contributed by atoms with Crippen molar-refractivity contribution in [1.29, 1.82) is 0 Å². The van der Waals surface area contributed by atoms with E-state index in [9.17, 15) is 4.79 Å². The van der Waals surface area contributed by atoms with E-state index in [1.54, 1.807) is 34.4 Å². The van der Waals surface area contributed by atoms with Gasteiger partial charge in [-0.1, -0.05) is 17.3 Å². The number of benzene rings is 1. The number of carbonyl (C=O) groups is 1. The van der Waals surface area contributed by atoms with E-state index in [1.807, 2.05) is 43.5 Å². The summed E-state index contributed by atoms with van der Waals surface area (Å²) < 4.78 is 10.9. The van der Waals surface area contributed by atoms with Gasteiger partial charge >= 0.3 is 0 Å². The first-order valence-corrected chi connectivity index (χ1v) is 9.53. The first kappa shape index (κ1) is 18.9. The van der Waals surface area contributed by atoms with Crippen LogP contribution in [-0.4, -0.2) is 22.5 Å². The average molecular weight is 382 g/mol. The Labute approximate surface area is 162 Å². The van der Waals surface area contributed by atoms with Crippen molar-refractivity contribution in [3.8, 4) is 5.75 Å². The number of rotatable bonds is 8. The summed E-state index contributed by atoms with van der Waals surface area (Å²) in [6, 6.07) is 11.2. The summed E-state index contributed by atoms with van der Waals surface area (Å²) in [5, 5.41) is 5.93. The van der Waals surface area contributed by atoms with Crippen molar-refractivity contribution in [1.82, 2.24) is 10.1 Å². The molecule has 2 aromatic heterocycles. The maximum atomic E-state index is 12.8. The van der Waals surface area contributed by atoms with Gasteiger partial charge in [-0.2, -0.15) is 0 Å². The summed E-state index contributed by atoms with van der Waals surface area (Å²) in [4.78, 5) is 15.7. The molecule has 140 valence electrons. The van der Waals surface area contributed by atoms with Gasteiger partial charge in [-0.05, 0) is 49.6 Å². The Balaban J connectivity index is 1.65. The summed E-state index contributed by atoms with van der Waals surface area (Å²) in [6.45, 7) is 8.97. The lowest BCUT2D eigenvalue weighted by atomic mass is 10.2. The third kappa shape index (κ3) is 4.65. The van der Waals surface area contributed by atoms with E-state index in [0.29, 0.717) is 31.0 Å². The van der Waals surface area contributed by atoms with Gasteiger partial charge in [0.1, 0.15) is 18.1 Å². The lowest BCUT2D eigenvalue weighted by molar-refractivity contribution is 0.0764. The van der Waals surface area contributed by atoms with Crippen molar-refractivity contribution in [2.45, 2.75) is 27.0 Å². The summed E-state index contributed by atoms with van der Waals surface area (Å²) in [5.41, 5.74) is 2.40. The molecule has 27 heavy (non-hydrogen) atoms. The zero-order chi connectivity index (χ0) is 19.2. The number of nitrogens with zero attached hydrogens (tertiary/aromatic N) is 2. The van der Waals surface area contributed by atoms with E-state index < -0.39 is 0 Å². The molecule has 3 rings (SSSR count). The maximum absolute atomic E-state index is 12.8. The van der Waals surface area contributed by atoms with Gasteiger partial charge < -0.3 is 14.2 Å². The molecule has 0 aliphatic heterocycles. The fourth-order valence-electron chi connectivity index (χ4n) is 2.71. The number of ether oxygens (including phenoxy) is 1. The molecule has 0 saturated heterocycles. The smallest absolute Gasteiger partial charge is 0.254 e. The van der Waals surface area contributed by atoms with Gasteiger partial charge in [-0.25, -0.2) is 0 Å². The van der Waals surface area contributed by atoms with Crippen molar-refractivity contribution in [3.63, 3.8) is 0 Å². The van der Waals surface area contributed by atoms with E-state index >= 15 is 0 Å². The number of amides is 1. The van der Waals surface area contributed by atoms with Gasteiger partial charge in [0, 0.05) is 17.0 Å².